The van der Waals surface area contributed by atoms with Crippen molar-refractivity contribution < 1.29 is 14.3 Å². The first kappa shape index (κ1) is 22.7. The van der Waals surface area contributed by atoms with Crippen molar-refractivity contribution in [2.75, 3.05) is 40.7 Å². The molecule has 5 rings (SSSR count). The van der Waals surface area contributed by atoms with E-state index in [1.807, 2.05) is 25.1 Å². The Morgan fingerprint density at radius 1 is 1.06 bits per heavy atom. The molecule has 1 atom stereocenters. The van der Waals surface area contributed by atoms with Crippen LogP contribution >= 0.6 is 0 Å². The number of aromatic nitrogens is 3. The molecule has 0 aliphatic carbocycles. The fraction of sp³-hybridized carbons (Fsp3) is 0.320. The van der Waals surface area contributed by atoms with Crippen LogP contribution in [0.5, 0.6) is 0 Å². The Kier molecular flexibility index (Phi) is 6.28. The van der Waals surface area contributed by atoms with Crippen molar-refractivity contribution in [3.05, 3.63) is 60.6 Å². The maximum atomic E-state index is 12.9. The van der Waals surface area contributed by atoms with Gasteiger partial charge in [0.15, 0.2) is 0 Å². The van der Waals surface area contributed by atoms with Crippen LogP contribution in [0.1, 0.15) is 30.1 Å². The predicted octanol–water partition coefficient (Wildman–Crippen LogP) is 3.22. The highest BCUT2D eigenvalue weighted by atomic mass is 16.5. The third kappa shape index (κ3) is 4.65. The first-order valence-electron chi connectivity index (χ1n) is 11.6. The average molecular weight is 474 g/mol. The minimum absolute atomic E-state index is 0.0506. The van der Waals surface area contributed by atoms with Crippen LogP contribution in [0.15, 0.2) is 55.0 Å². The van der Waals surface area contributed by atoms with E-state index in [0.717, 1.165) is 29.9 Å². The Bertz CT molecular complexity index is 1230. The Labute approximate surface area is 203 Å². The Morgan fingerprint density at radius 2 is 1.89 bits per heavy atom. The van der Waals surface area contributed by atoms with Crippen molar-refractivity contribution in [1.82, 2.24) is 15.2 Å². The smallest absolute Gasteiger partial charge is 0.255 e. The van der Waals surface area contributed by atoms with Crippen LogP contribution in [-0.2, 0) is 9.53 Å². The van der Waals surface area contributed by atoms with Crippen molar-refractivity contribution in [3.63, 3.8) is 0 Å². The molecule has 180 valence electrons. The van der Waals surface area contributed by atoms with E-state index in [-0.39, 0.29) is 23.9 Å². The number of hydrogen-bond acceptors (Lipinski definition) is 8. The molecule has 2 aromatic heterocycles. The molecule has 2 N–H and O–H groups in total. The van der Waals surface area contributed by atoms with Gasteiger partial charge in [-0.15, -0.1) is 0 Å². The fourth-order valence-corrected chi connectivity index (χ4v) is 4.63. The first-order valence-corrected chi connectivity index (χ1v) is 11.6. The number of anilines is 5. The van der Waals surface area contributed by atoms with E-state index in [0.29, 0.717) is 30.3 Å². The van der Waals surface area contributed by atoms with E-state index in [1.165, 1.54) is 12.4 Å². The number of carbonyl (C=O) groups excluding carboxylic acids is 2. The molecule has 1 fully saturated rings. The highest BCUT2D eigenvalue weighted by Gasteiger charge is 2.38. The summed E-state index contributed by atoms with van der Waals surface area (Å²) in [4.78, 5) is 34.0. The quantitative estimate of drug-likeness (QED) is 0.581. The molecule has 0 radical (unpaired) electrons. The summed E-state index contributed by atoms with van der Waals surface area (Å²) < 4.78 is 5.55. The van der Waals surface area contributed by atoms with Gasteiger partial charge in [-0.05, 0) is 44.0 Å². The molecule has 4 heterocycles. The van der Waals surface area contributed by atoms with Crippen molar-refractivity contribution in [2.24, 2.45) is 0 Å². The van der Waals surface area contributed by atoms with Crippen LogP contribution in [0.2, 0.25) is 0 Å². The van der Waals surface area contributed by atoms with Crippen LogP contribution in [-0.4, -0.2) is 59.3 Å². The third-order valence-corrected chi connectivity index (χ3v) is 6.43. The second-order valence-electron chi connectivity index (χ2n) is 8.67. The minimum atomic E-state index is -0.277. The lowest BCUT2D eigenvalue weighted by Gasteiger charge is -2.45. The predicted molar refractivity (Wildman–Crippen MR) is 133 cm³/mol. The van der Waals surface area contributed by atoms with Crippen LogP contribution < -0.4 is 20.4 Å². The molecule has 0 saturated carbocycles. The summed E-state index contributed by atoms with van der Waals surface area (Å²) in [5, 5.41) is 13.6. The highest BCUT2D eigenvalue weighted by Crippen LogP contribution is 2.39. The van der Waals surface area contributed by atoms with E-state index in [4.69, 9.17) is 4.74 Å². The molecule has 2 amide bonds. The normalized spacial score (nSPS) is 18.2. The zero-order valence-corrected chi connectivity index (χ0v) is 19.6. The van der Waals surface area contributed by atoms with Gasteiger partial charge in [-0.1, -0.05) is 6.07 Å². The summed E-state index contributed by atoms with van der Waals surface area (Å²) in [6.45, 7) is 3.33. The van der Waals surface area contributed by atoms with Gasteiger partial charge in [-0.2, -0.15) is 10.2 Å². The van der Waals surface area contributed by atoms with Gasteiger partial charge in [-0.25, -0.2) is 4.98 Å². The average Bonchev–Trinajstić information content (AvgIpc) is 2.89. The lowest BCUT2D eigenvalue weighted by molar-refractivity contribution is -0.119. The van der Waals surface area contributed by atoms with Gasteiger partial charge in [0.05, 0.1) is 35.7 Å². The van der Waals surface area contributed by atoms with Gasteiger partial charge in [0.2, 0.25) is 5.91 Å². The second kappa shape index (κ2) is 9.67. The molecule has 10 nitrogen and oxygen atoms in total. The molecule has 2 aliphatic heterocycles. The fourth-order valence-electron chi connectivity index (χ4n) is 4.63. The number of amides is 2. The van der Waals surface area contributed by atoms with Crippen molar-refractivity contribution in [2.45, 2.75) is 31.8 Å². The van der Waals surface area contributed by atoms with Crippen molar-refractivity contribution in [3.8, 4) is 0 Å². The van der Waals surface area contributed by atoms with E-state index in [1.54, 1.807) is 36.3 Å². The summed E-state index contributed by atoms with van der Waals surface area (Å²) in [7, 11) is 1.79. The van der Waals surface area contributed by atoms with Crippen LogP contribution in [0, 0.1) is 0 Å². The second-order valence-corrected chi connectivity index (χ2v) is 8.67. The van der Waals surface area contributed by atoms with E-state index < -0.39 is 0 Å². The molecule has 1 aromatic carbocycles. The Morgan fingerprint density at radius 3 is 2.66 bits per heavy atom. The molecule has 1 unspecified atom stereocenters. The molecular formula is C25H27N7O3. The Hall–Kier alpha value is -4.05. The maximum absolute atomic E-state index is 12.9. The standard InChI is InChI=1S/C25H27N7O3/c1-16-25(34)31(2)22-15-26-23(13-21(22)32(16)20-7-10-35-11-8-20)29-18-5-3-4-17(12-18)24(33)30-19-6-9-27-28-14-19/h3-6,9,12-16,20H,7-8,10-11H2,1-2H3,(H,26,29)(H,27,30,33). The number of ether oxygens (including phenoxy) is 1. The summed E-state index contributed by atoms with van der Waals surface area (Å²) in [6, 6.07) is 10.8. The molecular weight excluding hydrogens is 446 g/mol. The van der Waals surface area contributed by atoms with Gasteiger partial charge < -0.3 is 25.2 Å². The van der Waals surface area contributed by atoms with Gasteiger partial charge >= 0.3 is 0 Å². The highest BCUT2D eigenvalue weighted by molar-refractivity contribution is 6.06. The van der Waals surface area contributed by atoms with Crippen LogP contribution in [0.4, 0.5) is 28.6 Å². The SMILES string of the molecule is CC1C(=O)N(C)c2cnc(Nc3cccc(C(=O)Nc4ccnnc4)c3)cc2N1C1CCOCC1. The molecule has 10 heteroatoms. The summed E-state index contributed by atoms with van der Waals surface area (Å²) >= 11 is 0. The monoisotopic (exact) mass is 473 g/mol. The molecule has 0 bridgehead atoms. The first-order chi connectivity index (χ1) is 17.0. The van der Waals surface area contributed by atoms with E-state index in [2.05, 4.69) is 30.7 Å². The summed E-state index contributed by atoms with van der Waals surface area (Å²) in [5.74, 6) is 0.431. The Balaban J connectivity index is 1.40. The van der Waals surface area contributed by atoms with Crippen molar-refractivity contribution >= 4 is 40.4 Å². The van der Waals surface area contributed by atoms with Gasteiger partial charge in [0.25, 0.3) is 5.91 Å². The van der Waals surface area contributed by atoms with Gasteiger partial charge in [-0.3, -0.25) is 9.59 Å². The summed E-state index contributed by atoms with van der Waals surface area (Å²) in [6.07, 6.45) is 6.47. The lowest BCUT2D eigenvalue weighted by atomic mass is 10.00. The number of nitrogens with one attached hydrogen (secondary N) is 2. The number of rotatable bonds is 5. The largest absolute Gasteiger partial charge is 0.381 e. The van der Waals surface area contributed by atoms with Crippen LogP contribution in [0.3, 0.4) is 0 Å². The van der Waals surface area contributed by atoms with Crippen LogP contribution in [0.25, 0.3) is 0 Å². The number of pyridine rings is 1. The molecule has 0 spiro atoms. The molecule has 35 heavy (non-hydrogen) atoms. The van der Waals surface area contributed by atoms with Gasteiger partial charge in [0, 0.05) is 43.6 Å². The number of fused-ring (bicyclic) bond motifs is 1. The lowest BCUT2D eigenvalue weighted by Crippen LogP contribution is -2.55. The summed E-state index contributed by atoms with van der Waals surface area (Å²) in [5.41, 5.74) is 3.53. The molecule has 2 aliphatic rings. The van der Waals surface area contributed by atoms with E-state index >= 15 is 0 Å². The topological polar surface area (TPSA) is 113 Å². The minimum Gasteiger partial charge on any atom is -0.381 e. The zero-order chi connectivity index (χ0) is 24.4. The maximum Gasteiger partial charge on any atom is 0.255 e. The molecule has 1 saturated heterocycles. The number of benzene rings is 1. The number of carbonyl (C=O) groups is 2. The van der Waals surface area contributed by atoms with Crippen molar-refractivity contribution in [1.29, 1.82) is 0 Å². The number of nitrogens with zero attached hydrogens (tertiary/aromatic N) is 5. The number of hydrogen-bond donors (Lipinski definition) is 2. The molecule has 3 aromatic rings. The third-order valence-electron chi connectivity index (χ3n) is 6.43. The van der Waals surface area contributed by atoms with E-state index in [9.17, 15) is 9.59 Å². The number of likely N-dealkylation sites (N-methyl/N-ethyl adjacent to an activating group) is 1. The van der Waals surface area contributed by atoms with Gasteiger partial charge in [0.1, 0.15) is 11.9 Å². The zero-order valence-electron chi connectivity index (χ0n) is 19.6.